The smallest absolute Gasteiger partial charge is 0.240 e. The Morgan fingerprint density at radius 2 is 1.85 bits per heavy atom. The van der Waals surface area contributed by atoms with Crippen molar-refractivity contribution in [3.63, 3.8) is 0 Å². The maximum Gasteiger partial charge on any atom is 0.240 e. The van der Waals surface area contributed by atoms with Crippen molar-refractivity contribution in [1.29, 1.82) is 0 Å². The number of benzene rings is 2. The van der Waals surface area contributed by atoms with Crippen LogP contribution in [0.25, 0.3) is 11.4 Å². The van der Waals surface area contributed by atoms with Crippen LogP contribution in [0.3, 0.4) is 0 Å². The van der Waals surface area contributed by atoms with E-state index < -0.39 is 0 Å². The van der Waals surface area contributed by atoms with Gasteiger partial charge in [0.1, 0.15) is 5.75 Å². The minimum absolute atomic E-state index is 0.00278. The molecule has 7 heteroatoms. The molecule has 1 N–H and O–H groups in total. The second-order valence-corrected chi connectivity index (χ2v) is 7.00. The third kappa shape index (κ3) is 4.05. The Balaban J connectivity index is 1.67. The predicted octanol–water partition coefficient (Wildman–Crippen LogP) is 3.62. The number of nitrogens with one attached hydrogen (secondary N) is 1. The van der Waals surface area contributed by atoms with E-state index in [0.717, 1.165) is 17.0 Å². The van der Waals surface area contributed by atoms with E-state index in [1.54, 1.807) is 19.1 Å². The summed E-state index contributed by atoms with van der Waals surface area (Å²) in [7, 11) is 3.40. The topological polar surface area (TPSA) is 71.1 Å². The number of thioether (sulfide) groups is 1. The van der Waals surface area contributed by atoms with Gasteiger partial charge < -0.3 is 9.64 Å². The molecule has 0 saturated heterocycles. The Kier molecular flexibility index (Phi) is 5.58. The first kappa shape index (κ1) is 18.0. The Hall–Kier alpha value is -2.80. The summed E-state index contributed by atoms with van der Waals surface area (Å²) in [6, 6.07) is 17.1. The lowest BCUT2D eigenvalue weighted by atomic mass is 10.2. The number of aromatic nitrogens is 3. The molecule has 1 heterocycles. The van der Waals surface area contributed by atoms with Gasteiger partial charge in [-0.2, -0.15) is 0 Å². The first-order valence-electron chi connectivity index (χ1n) is 8.14. The zero-order valence-electron chi connectivity index (χ0n) is 14.8. The van der Waals surface area contributed by atoms with Crippen molar-refractivity contribution in [3.8, 4) is 17.1 Å². The molecule has 1 atom stereocenters. The minimum atomic E-state index is -0.306. The van der Waals surface area contributed by atoms with Crippen molar-refractivity contribution in [2.75, 3.05) is 19.1 Å². The summed E-state index contributed by atoms with van der Waals surface area (Å²) >= 11 is 1.33. The lowest BCUT2D eigenvalue weighted by molar-refractivity contribution is -0.117. The number of amides is 1. The van der Waals surface area contributed by atoms with Crippen molar-refractivity contribution in [3.05, 3.63) is 54.6 Å². The number of hydrogen-bond acceptors (Lipinski definition) is 5. The van der Waals surface area contributed by atoms with Crippen molar-refractivity contribution >= 4 is 23.4 Å². The summed E-state index contributed by atoms with van der Waals surface area (Å²) in [6.07, 6.45) is 0. The lowest BCUT2D eigenvalue weighted by Crippen LogP contribution is -2.33. The molecule has 0 saturated carbocycles. The fourth-order valence-electron chi connectivity index (χ4n) is 2.44. The Bertz CT molecular complexity index is 865. The van der Waals surface area contributed by atoms with Gasteiger partial charge in [-0.25, -0.2) is 4.98 Å². The zero-order chi connectivity index (χ0) is 18.5. The summed E-state index contributed by atoms with van der Waals surface area (Å²) < 4.78 is 5.16. The highest BCUT2D eigenvalue weighted by Gasteiger charge is 2.21. The number of anilines is 1. The number of carbonyl (C=O) groups is 1. The van der Waals surface area contributed by atoms with Crippen LogP contribution in [0.15, 0.2) is 59.8 Å². The highest BCUT2D eigenvalue weighted by molar-refractivity contribution is 8.00. The Morgan fingerprint density at radius 3 is 2.50 bits per heavy atom. The highest BCUT2D eigenvalue weighted by Crippen LogP contribution is 2.25. The van der Waals surface area contributed by atoms with Gasteiger partial charge in [0.25, 0.3) is 0 Å². The van der Waals surface area contributed by atoms with E-state index in [4.69, 9.17) is 4.74 Å². The standard InChI is InChI=1S/C19H20N4O2S/c1-13(18(24)23(2)15-7-5-4-6-8-15)26-19-20-17(21-22-19)14-9-11-16(25-3)12-10-14/h4-13H,1-3H3,(H,20,21,22)/t13-/m0/s1. The van der Waals surface area contributed by atoms with E-state index in [1.807, 2.05) is 61.5 Å². The van der Waals surface area contributed by atoms with Crippen LogP contribution in [0, 0.1) is 0 Å². The molecule has 0 bridgehead atoms. The SMILES string of the molecule is COc1ccc(-c2nc(S[C@@H](C)C(=O)N(C)c3ccccc3)n[nH]2)cc1. The second-order valence-electron chi connectivity index (χ2n) is 5.69. The third-order valence-corrected chi connectivity index (χ3v) is 4.88. The van der Waals surface area contributed by atoms with Crippen LogP contribution in [-0.4, -0.2) is 40.5 Å². The summed E-state index contributed by atoms with van der Waals surface area (Å²) in [5.74, 6) is 1.44. The van der Waals surface area contributed by atoms with Gasteiger partial charge in [0, 0.05) is 18.3 Å². The van der Waals surface area contributed by atoms with Crippen LogP contribution >= 0.6 is 11.8 Å². The number of carbonyl (C=O) groups excluding carboxylic acids is 1. The van der Waals surface area contributed by atoms with E-state index in [2.05, 4.69) is 15.2 Å². The largest absolute Gasteiger partial charge is 0.497 e. The number of aromatic amines is 1. The van der Waals surface area contributed by atoms with Crippen molar-refractivity contribution in [2.24, 2.45) is 0 Å². The molecule has 0 radical (unpaired) electrons. The molecule has 0 fully saturated rings. The van der Waals surface area contributed by atoms with Crippen LogP contribution in [-0.2, 0) is 4.79 Å². The fourth-order valence-corrected chi connectivity index (χ4v) is 3.25. The number of methoxy groups -OCH3 is 1. The first-order valence-corrected chi connectivity index (χ1v) is 9.02. The van der Waals surface area contributed by atoms with Gasteiger partial charge in [0.15, 0.2) is 5.82 Å². The Labute approximate surface area is 156 Å². The highest BCUT2D eigenvalue weighted by atomic mass is 32.2. The second kappa shape index (κ2) is 8.05. The summed E-state index contributed by atoms with van der Waals surface area (Å²) in [6.45, 7) is 1.86. The quantitative estimate of drug-likeness (QED) is 0.673. The number of nitrogens with zero attached hydrogens (tertiary/aromatic N) is 3. The van der Waals surface area contributed by atoms with E-state index >= 15 is 0 Å². The minimum Gasteiger partial charge on any atom is -0.497 e. The lowest BCUT2D eigenvalue weighted by Gasteiger charge is -2.20. The molecule has 3 rings (SSSR count). The molecule has 1 aromatic heterocycles. The monoisotopic (exact) mass is 368 g/mol. The maximum atomic E-state index is 12.6. The molecule has 3 aromatic rings. The van der Waals surface area contributed by atoms with Crippen molar-refractivity contribution in [1.82, 2.24) is 15.2 Å². The van der Waals surface area contributed by atoms with E-state index in [9.17, 15) is 4.79 Å². The van der Waals surface area contributed by atoms with Crippen LogP contribution in [0.2, 0.25) is 0 Å². The molecule has 6 nitrogen and oxygen atoms in total. The van der Waals surface area contributed by atoms with Gasteiger partial charge in [-0.05, 0) is 43.3 Å². The van der Waals surface area contributed by atoms with Gasteiger partial charge in [-0.1, -0.05) is 30.0 Å². The summed E-state index contributed by atoms with van der Waals surface area (Å²) in [5.41, 5.74) is 1.77. The molecule has 0 aliphatic heterocycles. The van der Waals surface area contributed by atoms with Crippen LogP contribution in [0.4, 0.5) is 5.69 Å². The summed E-state index contributed by atoms with van der Waals surface area (Å²) in [4.78, 5) is 18.7. The van der Waals surface area contributed by atoms with E-state index in [-0.39, 0.29) is 11.2 Å². The molecule has 0 spiro atoms. The number of rotatable bonds is 6. The molecule has 1 amide bonds. The Morgan fingerprint density at radius 1 is 1.15 bits per heavy atom. The molecular formula is C19H20N4O2S. The van der Waals surface area contributed by atoms with Crippen LogP contribution < -0.4 is 9.64 Å². The number of para-hydroxylation sites is 1. The molecule has 0 aliphatic rings. The predicted molar refractivity (Wildman–Crippen MR) is 104 cm³/mol. The molecule has 0 aliphatic carbocycles. The van der Waals surface area contributed by atoms with Gasteiger partial charge in [-0.3, -0.25) is 9.89 Å². The molecule has 2 aromatic carbocycles. The van der Waals surface area contributed by atoms with E-state index in [1.165, 1.54) is 11.8 Å². The first-order chi connectivity index (χ1) is 12.6. The number of H-pyrrole nitrogens is 1. The molecular weight excluding hydrogens is 348 g/mol. The van der Waals surface area contributed by atoms with Gasteiger partial charge in [-0.15, -0.1) is 5.10 Å². The normalized spacial score (nSPS) is 11.8. The maximum absolute atomic E-state index is 12.6. The van der Waals surface area contributed by atoms with Crippen LogP contribution in [0.1, 0.15) is 6.92 Å². The van der Waals surface area contributed by atoms with Gasteiger partial charge >= 0.3 is 0 Å². The fraction of sp³-hybridized carbons (Fsp3) is 0.211. The van der Waals surface area contributed by atoms with E-state index in [0.29, 0.717) is 11.0 Å². The average Bonchev–Trinajstić information content (AvgIpc) is 3.16. The van der Waals surface area contributed by atoms with Gasteiger partial charge in [0.2, 0.25) is 11.1 Å². The zero-order valence-corrected chi connectivity index (χ0v) is 15.7. The van der Waals surface area contributed by atoms with Crippen molar-refractivity contribution in [2.45, 2.75) is 17.3 Å². The summed E-state index contributed by atoms with van der Waals surface area (Å²) in [5, 5.41) is 7.37. The molecule has 134 valence electrons. The molecule has 26 heavy (non-hydrogen) atoms. The molecule has 0 unspecified atom stereocenters. The number of ether oxygens (including phenoxy) is 1. The van der Waals surface area contributed by atoms with Crippen LogP contribution in [0.5, 0.6) is 5.75 Å². The number of hydrogen-bond donors (Lipinski definition) is 1. The average molecular weight is 368 g/mol. The van der Waals surface area contributed by atoms with Gasteiger partial charge in [0.05, 0.1) is 12.4 Å². The van der Waals surface area contributed by atoms with Crippen molar-refractivity contribution < 1.29 is 9.53 Å². The third-order valence-electron chi connectivity index (χ3n) is 3.93.